The van der Waals surface area contributed by atoms with E-state index in [4.69, 9.17) is 4.74 Å². The van der Waals surface area contributed by atoms with Crippen LogP contribution in [0.4, 0.5) is 23.2 Å². The number of halogens is 4. The highest BCUT2D eigenvalue weighted by molar-refractivity contribution is 5.96. The van der Waals surface area contributed by atoms with Crippen molar-refractivity contribution in [2.24, 2.45) is 5.41 Å². The molecule has 8 heteroatoms. The average Bonchev–Trinajstić information content (AvgIpc) is 2.91. The van der Waals surface area contributed by atoms with Gasteiger partial charge < -0.3 is 15.4 Å². The van der Waals surface area contributed by atoms with Crippen molar-refractivity contribution in [1.82, 2.24) is 5.32 Å². The number of ether oxygens (including phenoxy) is 1. The lowest BCUT2D eigenvalue weighted by Gasteiger charge is -2.29. The zero-order chi connectivity index (χ0) is 15.7. The molecule has 1 aliphatic rings. The third kappa shape index (κ3) is 2.80. The lowest BCUT2D eigenvalue weighted by molar-refractivity contribution is -0.213. The van der Waals surface area contributed by atoms with Crippen LogP contribution in [0.25, 0.3) is 0 Å². The Morgan fingerprint density at radius 2 is 2.14 bits per heavy atom. The lowest BCUT2D eigenvalue weighted by Crippen LogP contribution is -2.49. The van der Waals surface area contributed by atoms with E-state index in [2.05, 4.69) is 10.6 Å². The fraction of sp³-hybridized carbons (Fsp3) is 0.462. The monoisotopic (exact) mass is 306 g/mol. The number of alkyl halides is 3. The van der Waals surface area contributed by atoms with Crippen LogP contribution in [0.15, 0.2) is 18.2 Å². The van der Waals surface area contributed by atoms with E-state index in [-0.39, 0.29) is 24.4 Å². The number of methoxy groups -OCH3 is 1. The van der Waals surface area contributed by atoms with Gasteiger partial charge in [0.1, 0.15) is 0 Å². The summed E-state index contributed by atoms with van der Waals surface area (Å²) in [6.07, 6.45) is -4.99. The van der Waals surface area contributed by atoms with Crippen LogP contribution in [-0.4, -0.2) is 32.3 Å². The molecular weight excluding hydrogens is 292 g/mol. The maximum atomic E-state index is 13.2. The number of hydrogen-bond donors (Lipinski definition) is 2. The second kappa shape index (κ2) is 5.51. The van der Waals surface area contributed by atoms with Crippen molar-refractivity contribution in [3.8, 4) is 5.75 Å². The van der Waals surface area contributed by atoms with E-state index >= 15 is 0 Å². The first kappa shape index (κ1) is 15.6. The predicted molar refractivity (Wildman–Crippen MR) is 67.6 cm³/mol. The Morgan fingerprint density at radius 3 is 2.67 bits per heavy atom. The Balaban J connectivity index is 2.24. The normalized spacial score (nSPS) is 22.1. The van der Waals surface area contributed by atoms with Gasteiger partial charge in [0.05, 0.1) is 7.11 Å². The second-order valence-electron chi connectivity index (χ2n) is 4.81. The SMILES string of the molecule is COc1cc(NC(=O)C2(C(F)(F)F)CCNC2)ccc1F. The van der Waals surface area contributed by atoms with Crippen molar-refractivity contribution < 1.29 is 27.1 Å². The van der Waals surface area contributed by atoms with E-state index in [9.17, 15) is 22.4 Å². The predicted octanol–water partition coefficient (Wildman–Crippen LogP) is 2.31. The summed E-state index contributed by atoms with van der Waals surface area (Å²) in [6.45, 7) is -0.361. The van der Waals surface area contributed by atoms with Gasteiger partial charge in [-0.25, -0.2) is 4.39 Å². The van der Waals surface area contributed by atoms with Crippen LogP contribution in [0.1, 0.15) is 6.42 Å². The van der Waals surface area contributed by atoms with Gasteiger partial charge in [0.2, 0.25) is 5.91 Å². The molecule has 1 aromatic rings. The minimum Gasteiger partial charge on any atom is -0.494 e. The summed E-state index contributed by atoms with van der Waals surface area (Å²) in [5.41, 5.74) is -2.41. The van der Waals surface area contributed by atoms with Crippen molar-refractivity contribution in [3.63, 3.8) is 0 Å². The van der Waals surface area contributed by atoms with Gasteiger partial charge in [0, 0.05) is 18.3 Å². The van der Waals surface area contributed by atoms with Crippen LogP contribution in [0.5, 0.6) is 5.75 Å². The van der Waals surface area contributed by atoms with E-state index in [1.54, 1.807) is 0 Å². The van der Waals surface area contributed by atoms with Gasteiger partial charge in [-0.2, -0.15) is 13.2 Å². The van der Waals surface area contributed by atoms with Crippen LogP contribution < -0.4 is 15.4 Å². The highest BCUT2D eigenvalue weighted by Crippen LogP contribution is 2.43. The Hall–Kier alpha value is -1.83. The topological polar surface area (TPSA) is 50.4 Å². The Kier molecular flexibility index (Phi) is 4.08. The maximum absolute atomic E-state index is 13.2. The number of amides is 1. The van der Waals surface area contributed by atoms with E-state index in [1.165, 1.54) is 13.2 Å². The molecule has 116 valence electrons. The number of carbonyl (C=O) groups is 1. The van der Waals surface area contributed by atoms with Crippen molar-refractivity contribution in [3.05, 3.63) is 24.0 Å². The maximum Gasteiger partial charge on any atom is 0.404 e. The third-order valence-electron chi connectivity index (χ3n) is 3.54. The van der Waals surface area contributed by atoms with E-state index in [1.807, 2.05) is 0 Å². The third-order valence-corrected chi connectivity index (χ3v) is 3.54. The largest absolute Gasteiger partial charge is 0.494 e. The molecule has 0 saturated carbocycles. The van der Waals surface area contributed by atoms with Crippen molar-refractivity contribution in [1.29, 1.82) is 0 Å². The van der Waals surface area contributed by atoms with Crippen LogP contribution in [0, 0.1) is 11.2 Å². The Labute approximate surface area is 118 Å². The molecule has 21 heavy (non-hydrogen) atoms. The van der Waals surface area contributed by atoms with Gasteiger partial charge in [-0.05, 0) is 25.1 Å². The van der Waals surface area contributed by atoms with Gasteiger partial charge >= 0.3 is 6.18 Å². The molecule has 2 N–H and O–H groups in total. The summed E-state index contributed by atoms with van der Waals surface area (Å²) >= 11 is 0. The van der Waals surface area contributed by atoms with Crippen LogP contribution in [0.2, 0.25) is 0 Å². The quantitative estimate of drug-likeness (QED) is 0.843. The standard InChI is InChI=1S/C13H14F4N2O2/c1-21-10-6-8(2-3-9(10)14)19-11(20)12(13(15,16)17)4-5-18-7-12/h2-3,6,18H,4-5,7H2,1H3,(H,19,20). The molecule has 1 atom stereocenters. The summed E-state index contributed by atoms with van der Waals surface area (Å²) < 4.78 is 57.5. The Bertz CT molecular complexity index is 539. The molecule has 1 amide bonds. The van der Waals surface area contributed by atoms with Gasteiger partial charge in [-0.1, -0.05) is 0 Å². The molecule has 2 rings (SSSR count). The minimum atomic E-state index is -4.66. The summed E-state index contributed by atoms with van der Waals surface area (Å²) in [5, 5.41) is 4.74. The molecular formula is C13H14F4N2O2. The molecule has 0 aliphatic carbocycles. The minimum absolute atomic E-state index is 0.0498. The number of carbonyl (C=O) groups excluding carboxylic acids is 1. The first-order valence-electron chi connectivity index (χ1n) is 6.22. The van der Waals surface area contributed by atoms with Crippen molar-refractivity contribution in [2.75, 3.05) is 25.5 Å². The zero-order valence-electron chi connectivity index (χ0n) is 11.2. The summed E-state index contributed by atoms with van der Waals surface area (Å²) in [7, 11) is 1.22. The first-order valence-corrected chi connectivity index (χ1v) is 6.22. The molecule has 0 radical (unpaired) electrons. The molecule has 4 nitrogen and oxygen atoms in total. The molecule has 0 spiro atoms. The number of hydrogen-bond acceptors (Lipinski definition) is 3. The molecule has 1 saturated heterocycles. The van der Waals surface area contributed by atoms with Gasteiger partial charge in [0.15, 0.2) is 17.0 Å². The number of nitrogens with one attached hydrogen (secondary N) is 2. The summed E-state index contributed by atoms with van der Waals surface area (Å²) in [4.78, 5) is 12.1. The lowest BCUT2D eigenvalue weighted by atomic mass is 9.85. The molecule has 0 aromatic heterocycles. The summed E-state index contributed by atoms with van der Waals surface area (Å²) in [5.74, 6) is -1.98. The number of anilines is 1. The van der Waals surface area contributed by atoms with Crippen molar-refractivity contribution >= 4 is 11.6 Å². The van der Waals surface area contributed by atoms with Crippen LogP contribution in [0.3, 0.4) is 0 Å². The second-order valence-corrected chi connectivity index (χ2v) is 4.81. The highest BCUT2D eigenvalue weighted by atomic mass is 19.4. The highest BCUT2D eigenvalue weighted by Gasteiger charge is 2.61. The molecule has 1 unspecified atom stereocenters. The number of benzene rings is 1. The fourth-order valence-electron chi connectivity index (χ4n) is 2.24. The number of rotatable bonds is 3. The summed E-state index contributed by atoms with van der Waals surface area (Å²) in [6, 6.07) is 3.34. The van der Waals surface area contributed by atoms with Crippen LogP contribution >= 0.6 is 0 Å². The molecule has 0 bridgehead atoms. The van der Waals surface area contributed by atoms with Gasteiger partial charge in [0.25, 0.3) is 0 Å². The molecule has 1 heterocycles. The fourth-order valence-corrected chi connectivity index (χ4v) is 2.24. The van der Waals surface area contributed by atoms with Crippen LogP contribution in [-0.2, 0) is 4.79 Å². The first-order chi connectivity index (χ1) is 9.80. The zero-order valence-corrected chi connectivity index (χ0v) is 11.2. The molecule has 1 fully saturated rings. The van der Waals surface area contributed by atoms with Gasteiger partial charge in [-0.15, -0.1) is 0 Å². The molecule has 1 aromatic carbocycles. The van der Waals surface area contributed by atoms with Crippen molar-refractivity contribution in [2.45, 2.75) is 12.6 Å². The van der Waals surface area contributed by atoms with E-state index in [0.717, 1.165) is 12.1 Å². The smallest absolute Gasteiger partial charge is 0.404 e. The average molecular weight is 306 g/mol. The van der Waals surface area contributed by atoms with E-state index in [0.29, 0.717) is 0 Å². The Morgan fingerprint density at radius 1 is 1.43 bits per heavy atom. The van der Waals surface area contributed by atoms with E-state index < -0.39 is 29.9 Å². The molecule has 1 aliphatic heterocycles. The van der Waals surface area contributed by atoms with Gasteiger partial charge in [-0.3, -0.25) is 4.79 Å².